The topological polar surface area (TPSA) is 29.5 Å². The average molecular weight is 289 g/mol. The van der Waals surface area contributed by atoms with E-state index in [1.54, 1.807) is 14.0 Å². The Labute approximate surface area is 128 Å². The van der Waals surface area contributed by atoms with E-state index in [-0.39, 0.29) is 11.2 Å². The summed E-state index contributed by atoms with van der Waals surface area (Å²) in [6, 6.07) is 4.00. The molecule has 0 aromatic heterocycles. The first-order valence-electron chi connectivity index (χ1n) is 7.83. The van der Waals surface area contributed by atoms with Crippen LogP contribution in [-0.4, -0.2) is 26.0 Å². The van der Waals surface area contributed by atoms with Crippen molar-refractivity contribution in [3.63, 3.8) is 0 Å². The summed E-state index contributed by atoms with van der Waals surface area (Å²) in [5, 5.41) is 0. The second kappa shape index (κ2) is 6.08. The zero-order chi connectivity index (χ0) is 15.6. The van der Waals surface area contributed by atoms with Crippen molar-refractivity contribution in [3.8, 4) is 5.75 Å². The van der Waals surface area contributed by atoms with E-state index in [2.05, 4.69) is 25.7 Å². The Balaban J connectivity index is 2.60. The largest absolute Gasteiger partial charge is 0.494 e. The van der Waals surface area contributed by atoms with E-state index in [0.29, 0.717) is 0 Å². The van der Waals surface area contributed by atoms with Gasteiger partial charge < -0.3 is 9.64 Å². The number of nitrogens with zero attached hydrogens (tertiary/aromatic N) is 1. The van der Waals surface area contributed by atoms with Gasteiger partial charge in [0.2, 0.25) is 0 Å². The van der Waals surface area contributed by atoms with Crippen LogP contribution in [0, 0.1) is 0 Å². The van der Waals surface area contributed by atoms with Gasteiger partial charge in [-0.15, -0.1) is 0 Å². The maximum Gasteiger partial charge on any atom is 0.159 e. The molecule has 21 heavy (non-hydrogen) atoms. The number of hydrogen-bond donors (Lipinski definition) is 0. The zero-order valence-corrected chi connectivity index (χ0v) is 14.0. The summed E-state index contributed by atoms with van der Waals surface area (Å²) < 4.78 is 5.74. The van der Waals surface area contributed by atoms with E-state index in [1.807, 2.05) is 12.1 Å². The standard InChI is InChI=1S/C18H27NO2/c1-13(20)14-11-15(18(2,3)4)17(21-5)16(12-14)19-9-7-6-8-10-19/h11-12H,6-10H2,1-5H3. The van der Waals surface area contributed by atoms with Crippen LogP contribution >= 0.6 is 0 Å². The van der Waals surface area contributed by atoms with E-state index in [1.165, 1.54) is 19.3 Å². The van der Waals surface area contributed by atoms with Crippen LogP contribution < -0.4 is 9.64 Å². The summed E-state index contributed by atoms with van der Waals surface area (Å²) in [6.07, 6.45) is 3.70. The van der Waals surface area contributed by atoms with E-state index in [0.717, 1.165) is 35.7 Å². The van der Waals surface area contributed by atoms with Crippen molar-refractivity contribution in [2.24, 2.45) is 0 Å². The summed E-state index contributed by atoms with van der Waals surface area (Å²) in [4.78, 5) is 14.3. The van der Waals surface area contributed by atoms with Crippen LogP contribution in [0.4, 0.5) is 5.69 Å². The lowest BCUT2D eigenvalue weighted by Crippen LogP contribution is -2.30. The number of carbonyl (C=O) groups excluding carboxylic acids is 1. The first kappa shape index (κ1) is 15.9. The number of piperidine rings is 1. The van der Waals surface area contributed by atoms with Crippen LogP contribution in [0.25, 0.3) is 0 Å². The summed E-state index contributed by atoms with van der Waals surface area (Å²) in [5.74, 6) is 1.04. The summed E-state index contributed by atoms with van der Waals surface area (Å²) in [5.41, 5.74) is 2.91. The molecule has 0 bridgehead atoms. The molecule has 1 fully saturated rings. The SMILES string of the molecule is COc1c(N2CCCCC2)cc(C(C)=O)cc1C(C)(C)C. The van der Waals surface area contributed by atoms with Crippen LogP contribution in [0.5, 0.6) is 5.75 Å². The second-order valence-corrected chi connectivity index (χ2v) is 6.93. The molecule has 0 radical (unpaired) electrons. The highest BCUT2D eigenvalue weighted by Gasteiger charge is 2.26. The lowest BCUT2D eigenvalue weighted by atomic mass is 9.84. The van der Waals surface area contributed by atoms with E-state index in [9.17, 15) is 4.79 Å². The van der Waals surface area contributed by atoms with Crippen LogP contribution in [0.3, 0.4) is 0 Å². The van der Waals surface area contributed by atoms with Crippen LogP contribution in [0.1, 0.15) is 62.9 Å². The van der Waals surface area contributed by atoms with Gasteiger partial charge in [0, 0.05) is 24.2 Å². The molecule has 0 amide bonds. The fourth-order valence-corrected chi connectivity index (χ4v) is 2.96. The molecular weight excluding hydrogens is 262 g/mol. The van der Waals surface area contributed by atoms with Crippen molar-refractivity contribution in [3.05, 3.63) is 23.3 Å². The summed E-state index contributed by atoms with van der Waals surface area (Å²) in [6.45, 7) is 10.2. The van der Waals surface area contributed by atoms with E-state index < -0.39 is 0 Å². The molecule has 3 heteroatoms. The monoisotopic (exact) mass is 289 g/mol. The van der Waals surface area contributed by atoms with E-state index in [4.69, 9.17) is 4.74 Å². The molecule has 1 saturated heterocycles. The number of rotatable bonds is 3. The predicted molar refractivity (Wildman–Crippen MR) is 87.8 cm³/mol. The molecule has 1 aliphatic heterocycles. The summed E-state index contributed by atoms with van der Waals surface area (Å²) >= 11 is 0. The van der Waals surface area contributed by atoms with Crippen molar-refractivity contribution < 1.29 is 9.53 Å². The molecule has 0 spiro atoms. The van der Waals surface area contributed by atoms with Crippen LogP contribution in [-0.2, 0) is 5.41 Å². The van der Waals surface area contributed by atoms with E-state index >= 15 is 0 Å². The molecule has 0 unspecified atom stereocenters. The Morgan fingerprint density at radius 3 is 2.24 bits per heavy atom. The number of methoxy groups -OCH3 is 1. The fraction of sp³-hybridized carbons (Fsp3) is 0.611. The molecule has 1 aromatic carbocycles. The molecule has 1 aliphatic rings. The van der Waals surface area contributed by atoms with Gasteiger partial charge >= 0.3 is 0 Å². The average Bonchev–Trinajstić information content (AvgIpc) is 2.45. The van der Waals surface area contributed by atoms with Crippen LogP contribution in [0.2, 0.25) is 0 Å². The van der Waals surface area contributed by atoms with Crippen LogP contribution in [0.15, 0.2) is 12.1 Å². The zero-order valence-electron chi connectivity index (χ0n) is 14.0. The van der Waals surface area contributed by atoms with Gasteiger partial charge in [-0.1, -0.05) is 20.8 Å². The maximum absolute atomic E-state index is 11.9. The minimum atomic E-state index is -0.0542. The number of carbonyl (C=O) groups is 1. The van der Waals surface area contributed by atoms with Crippen molar-refractivity contribution in [2.75, 3.05) is 25.1 Å². The number of anilines is 1. The minimum absolute atomic E-state index is 0.0542. The maximum atomic E-state index is 11.9. The lowest BCUT2D eigenvalue weighted by Gasteiger charge is -2.33. The van der Waals surface area contributed by atoms with Crippen molar-refractivity contribution >= 4 is 11.5 Å². The number of Topliss-reactive ketones (excluding diaryl/α,β-unsaturated/α-hetero) is 1. The molecule has 1 heterocycles. The smallest absolute Gasteiger partial charge is 0.159 e. The van der Waals surface area contributed by atoms with Crippen molar-refractivity contribution in [2.45, 2.75) is 52.4 Å². The predicted octanol–water partition coefficient (Wildman–Crippen LogP) is 4.19. The molecule has 1 aromatic rings. The Bertz CT molecular complexity index is 523. The third-order valence-electron chi connectivity index (χ3n) is 4.18. The molecular formula is C18H27NO2. The summed E-state index contributed by atoms with van der Waals surface area (Å²) in [7, 11) is 1.73. The quantitative estimate of drug-likeness (QED) is 0.782. The number of ketones is 1. The van der Waals surface area contributed by atoms with Gasteiger partial charge in [-0.25, -0.2) is 0 Å². The number of benzene rings is 1. The first-order chi connectivity index (χ1) is 9.84. The molecule has 0 aliphatic carbocycles. The minimum Gasteiger partial charge on any atom is -0.494 e. The lowest BCUT2D eigenvalue weighted by molar-refractivity contribution is 0.101. The number of hydrogen-bond acceptors (Lipinski definition) is 3. The molecule has 3 nitrogen and oxygen atoms in total. The van der Waals surface area contributed by atoms with Gasteiger partial charge in [0.15, 0.2) is 5.78 Å². The first-order valence-corrected chi connectivity index (χ1v) is 7.83. The normalized spacial score (nSPS) is 16.0. The highest BCUT2D eigenvalue weighted by Crippen LogP contribution is 2.40. The van der Waals surface area contributed by atoms with Gasteiger partial charge in [-0.2, -0.15) is 0 Å². The molecule has 0 saturated carbocycles. The van der Waals surface area contributed by atoms with Crippen molar-refractivity contribution in [1.29, 1.82) is 0 Å². The van der Waals surface area contributed by atoms with Gasteiger partial charge in [-0.05, 0) is 43.7 Å². The van der Waals surface area contributed by atoms with Crippen molar-refractivity contribution in [1.82, 2.24) is 0 Å². The molecule has 116 valence electrons. The molecule has 0 atom stereocenters. The third kappa shape index (κ3) is 3.39. The Hall–Kier alpha value is -1.51. The van der Waals surface area contributed by atoms with Gasteiger partial charge in [0.25, 0.3) is 0 Å². The Morgan fingerprint density at radius 1 is 1.14 bits per heavy atom. The Kier molecular flexibility index (Phi) is 4.60. The van der Waals surface area contributed by atoms with Gasteiger partial charge in [0.05, 0.1) is 12.8 Å². The highest BCUT2D eigenvalue weighted by molar-refractivity contribution is 5.96. The molecule has 0 N–H and O–H groups in total. The second-order valence-electron chi connectivity index (χ2n) is 6.93. The third-order valence-corrected chi connectivity index (χ3v) is 4.18. The van der Waals surface area contributed by atoms with Gasteiger partial charge in [-0.3, -0.25) is 4.79 Å². The highest BCUT2D eigenvalue weighted by atomic mass is 16.5. The number of ether oxygens (including phenoxy) is 1. The fourth-order valence-electron chi connectivity index (χ4n) is 2.96. The van der Waals surface area contributed by atoms with Gasteiger partial charge in [0.1, 0.15) is 5.75 Å². The Morgan fingerprint density at radius 2 is 1.76 bits per heavy atom. The molecule has 2 rings (SSSR count).